The first-order valence-corrected chi connectivity index (χ1v) is 9.11. The summed E-state index contributed by atoms with van der Waals surface area (Å²) in [5, 5.41) is 14.2. The lowest BCUT2D eigenvalue weighted by molar-refractivity contribution is 0.0697. The summed E-state index contributed by atoms with van der Waals surface area (Å²) in [6.07, 6.45) is 0. The zero-order valence-electron chi connectivity index (χ0n) is 14.2. The van der Waals surface area contributed by atoms with Crippen LogP contribution in [0.3, 0.4) is 0 Å². The second kappa shape index (κ2) is 6.65. The molecule has 4 aromatic rings. The molecule has 128 valence electrons. The number of anilines is 1. The van der Waals surface area contributed by atoms with Crippen molar-refractivity contribution in [3.8, 4) is 20.9 Å². The fourth-order valence-electron chi connectivity index (χ4n) is 2.98. The van der Waals surface area contributed by atoms with Gasteiger partial charge in [0.1, 0.15) is 0 Å². The average Bonchev–Trinajstić information content (AvgIpc) is 3.17. The van der Waals surface area contributed by atoms with Crippen LogP contribution in [0.1, 0.15) is 10.4 Å². The Hall–Kier alpha value is -3.11. The van der Waals surface area contributed by atoms with E-state index in [4.69, 9.17) is 5.11 Å². The molecular weight excluding hydrogens is 342 g/mol. The summed E-state index contributed by atoms with van der Waals surface area (Å²) in [6.45, 7) is 0. The van der Waals surface area contributed by atoms with Gasteiger partial charge >= 0.3 is 5.97 Å². The van der Waals surface area contributed by atoms with Gasteiger partial charge in [0.2, 0.25) is 0 Å². The number of thiophene rings is 1. The molecule has 1 aromatic heterocycles. The Morgan fingerprint density at radius 3 is 2.12 bits per heavy atom. The van der Waals surface area contributed by atoms with Crippen LogP contribution >= 0.6 is 11.3 Å². The van der Waals surface area contributed by atoms with E-state index in [0.717, 1.165) is 22.0 Å². The zero-order valence-corrected chi connectivity index (χ0v) is 15.0. The van der Waals surface area contributed by atoms with Gasteiger partial charge in [-0.1, -0.05) is 30.3 Å². The van der Waals surface area contributed by atoms with Crippen molar-refractivity contribution < 1.29 is 9.90 Å². The first-order valence-electron chi connectivity index (χ1n) is 8.29. The SMILES string of the molecule is CNc1ccc(-c2ccc(-c3ccc4cc(C(=O)O)ccc4c3)s2)cc1. The van der Waals surface area contributed by atoms with Crippen molar-refractivity contribution in [1.82, 2.24) is 0 Å². The molecule has 3 nitrogen and oxygen atoms in total. The van der Waals surface area contributed by atoms with Gasteiger partial charge < -0.3 is 10.4 Å². The molecule has 0 radical (unpaired) electrons. The maximum Gasteiger partial charge on any atom is 0.335 e. The molecule has 0 fully saturated rings. The van der Waals surface area contributed by atoms with Gasteiger partial charge in [0, 0.05) is 22.5 Å². The van der Waals surface area contributed by atoms with Crippen LogP contribution in [0, 0.1) is 0 Å². The molecule has 0 atom stereocenters. The van der Waals surface area contributed by atoms with Crippen molar-refractivity contribution in [3.05, 3.63) is 78.4 Å². The molecule has 0 spiro atoms. The lowest BCUT2D eigenvalue weighted by Gasteiger charge is -2.04. The van der Waals surface area contributed by atoms with Gasteiger partial charge in [0.15, 0.2) is 0 Å². The van der Waals surface area contributed by atoms with E-state index in [1.807, 2.05) is 25.2 Å². The fourth-order valence-corrected chi connectivity index (χ4v) is 3.99. The van der Waals surface area contributed by atoms with Crippen LogP contribution < -0.4 is 5.32 Å². The van der Waals surface area contributed by atoms with E-state index in [9.17, 15) is 4.79 Å². The molecule has 0 aliphatic heterocycles. The number of carboxylic acids is 1. The lowest BCUT2D eigenvalue weighted by Crippen LogP contribution is -1.95. The highest BCUT2D eigenvalue weighted by molar-refractivity contribution is 7.18. The van der Waals surface area contributed by atoms with Gasteiger partial charge in [0.25, 0.3) is 0 Å². The van der Waals surface area contributed by atoms with Crippen LogP contribution in [0.2, 0.25) is 0 Å². The Morgan fingerprint density at radius 1 is 0.808 bits per heavy atom. The first-order chi connectivity index (χ1) is 12.6. The van der Waals surface area contributed by atoms with E-state index < -0.39 is 5.97 Å². The van der Waals surface area contributed by atoms with Gasteiger partial charge in [-0.05, 0) is 64.4 Å². The van der Waals surface area contributed by atoms with Gasteiger partial charge in [-0.15, -0.1) is 11.3 Å². The Bertz CT molecular complexity index is 1100. The molecule has 0 aliphatic rings. The van der Waals surface area contributed by atoms with Crippen molar-refractivity contribution in [2.24, 2.45) is 0 Å². The molecule has 0 aliphatic carbocycles. The third-order valence-electron chi connectivity index (χ3n) is 4.44. The van der Waals surface area contributed by atoms with Gasteiger partial charge in [-0.3, -0.25) is 0 Å². The molecule has 3 aromatic carbocycles. The summed E-state index contributed by atoms with van der Waals surface area (Å²) in [4.78, 5) is 13.5. The molecular formula is C22H17NO2S. The second-order valence-electron chi connectivity index (χ2n) is 6.07. The lowest BCUT2D eigenvalue weighted by atomic mass is 10.0. The van der Waals surface area contributed by atoms with Crippen LogP contribution in [0.4, 0.5) is 5.69 Å². The van der Waals surface area contributed by atoms with E-state index in [2.05, 4.69) is 47.8 Å². The van der Waals surface area contributed by atoms with Crippen molar-refractivity contribution in [1.29, 1.82) is 0 Å². The minimum atomic E-state index is -0.900. The number of nitrogens with one attached hydrogen (secondary N) is 1. The maximum atomic E-state index is 11.1. The topological polar surface area (TPSA) is 49.3 Å². The van der Waals surface area contributed by atoms with Crippen LogP contribution in [-0.2, 0) is 0 Å². The molecule has 2 N–H and O–H groups in total. The number of rotatable bonds is 4. The van der Waals surface area contributed by atoms with Crippen molar-refractivity contribution in [3.63, 3.8) is 0 Å². The predicted octanol–water partition coefficient (Wildman–Crippen LogP) is 5.98. The van der Waals surface area contributed by atoms with Gasteiger partial charge in [-0.25, -0.2) is 4.79 Å². The number of carbonyl (C=O) groups is 1. The quantitative estimate of drug-likeness (QED) is 0.471. The fraction of sp³-hybridized carbons (Fsp3) is 0.0455. The smallest absolute Gasteiger partial charge is 0.335 e. The Kier molecular flexibility index (Phi) is 4.19. The molecule has 0 bridgehead atoms. The Morgan fingerprint density at radius 2 is 1.42 bits per heavy atom. The Labute approximate surface area is 155 Å². The zero-order chi connectivity index (χ0) is 18.1. The third kappa shape index (κ3) is 3.07. The van der Waals surface area contributed by atoms with E-state index in [-0.39, 0.29) is 0 Å². The summed E-state index contributed by atoms with van der Waals surface area (Å²) >= 11 is 1.75. The summed E-state index contributed by atoms with van der Waals surface area (Å²) in [5.74, 6) is -0.900. The van der Waals surface area contributed by atoms with Crippen LogP contribution in [0.5, 0.6) is 0 Å². The minimum absolute atomic E-state index is 0.314. The molecule has 26 heavy (non-hydrogen) atoms. The molecule has 0 amide bonds. The molecule has 4 rings (SSSR count). The number of fused-ring (bicyclic) bond motifs is 1. The summed E-state index contributed by atoms with van der Waals surface area (Å²) in [5.41, 5.74) is 3.75. The van der Waals surface area contributed by atoms with Crippen LogP contribution in [0.15, 0.2) is 72.8 Å². The third-order valence-corrected chi connectivity index (χ3v) is 5.62. The number of aromatic carboxylic acids is 1. The highest BCUT2D eigenvalue weighted by Gasteiger charge is 2.08. The number of benzene rings is 3. The summed E-state index contributed by atoms with van der Waals surface area (Å²) in [7, 11) is 1.91. The highest BCUT2D eigenvalue weighted by atomic mass is 32.1. The summed E-state index contributed by atoms with van der Waals surface area (Å²) in [6, 6.07) is 24.0. The van der Waals surface area contributed by atoms with Crippen molar-refractivity contribution >= 4 is 33.8 Å². The highest BCUT2D eigenvalue weighted by Crippen LogP contribution is 2.36. The largest absolute Gasteiger partial charge is 0.478 e. The van der Waals surface area contributed by atoms with Gasteiger partial charge in [-0.2, -0.15) is 0 Å². The Balaban J connectivity index is 1.68. The molecule has 0 saturated heterocycles. The standard InChI is InChI=1S/C22H17NO2S/c1-23-19-8-6-14(7-9-19)20-10-11-21(26-20)17-4-2-16-13-18(22(24)25)5-3-15(16)12-17/h2-13,23H,1H3,(H,24,25). The second-order valence-corrected chi connectivity index (χ2v) is 7.16. The van der Waals surface area contributed by atoms with E-state index in [1.165, 1.54) is 15.3 Å². The van der Waals surface area contributed by atoms with E-state index in [0.29, 0.717) is 5.56 Å². The minimum Gasteiger partial charge on any atom is -0.478 e. The number of hydrogen-bond acceptors (Lipinski definition) is 3. The van der Waals surface area contributed by atoms with Crippen LogP contribution in [0.25, 0.3) is 31.7 Å². The monoisotopic (exact) mass is 359 g/mol. The van der Waals surface area contributed by atoms with Crippen molar-refractivity contribution in [2.45, 2.75) is 0 Å². The number of hydrogen-bond donors (Lipinski definition) is 2. The predicted molar refractivity (Wildman–Crippen MR) is 109 cm³/mol. The normalized spacial score (nSPS) is 10.8. The van der Waals surface area contributed by atoms with E-state index >= 15 is 0 Å². The van der Waals surface area contributed by atoms with Gasteiger partial charge in [0.05, 0.1) is 5.56 Å². The molecule has 1 heterocycles. The maximum absolute atomic E-state index is 11.1. The number of carboxylic acid groups (broad SMARTS) is 1. The molecule has 0 unspecified atom stereocenters. The van der Waals surface area contributed by atoms with Crippen molar-refractivity contribution in [2.75, 3.05) is 12.4 Å². The first kappa shape index (κ1) is 16.4. The van der Waals surface area contributed by atoms with Crippen LogP contribution in [-0.4, -0.2) is 18.1 Å². The average molecular weight is 359 g/mol. The molecule has 4 heteroatoms. The molecule has 0 saturated carbocycles. The van der Waals surface area contributed by atoms with E-state index in [1.54, 1.807) is 23.5 Å². The summed E-state index contributed by atoms with van der Waals surface area (Å²) < 4.78 is 0.